The van der Waals surface area contributed by atoms with Gasteiger partial charge in [0.15, 0.2) is 0 Å². The van der Waals surface area contributed by atoms with Crippen LogP contribution in [0.4, 0.5) is 0 Å². The summed E-state index contributed by atoms with van der Waals surface area (Å²) in [5, 5.41) is 3.15. The average Bonchev–Trinajstić information content (AvgIpc) is 2.36. The highest BCUT2D eigenvalue weighted by Gasteiger charge is 2.33. The van der Waals surface area contributed by atoms with E-state index in [1.54, 1.807) is 11.9 Å². The van der Waals surface area contributed by atoms with E-state index in [9.17, 15) is 4.79 Å². The van der Waals surface area contributed by atoms with E-state index in [-0.39, 0.29) is 18.1 Å². The number of benzene rings is 1. The lowest BCUT2D eigenvalue weighted by Gasteiger charge is -2.39. The Morgan fingerprint density at radius 2 is 2.05 bits per heavy atom. The van der Waals surface area contributed by atoms with E-state index in [4.69, 9.17) is 4.74 Å². The number of carbonyl (C=O) groups excluding carboxylic acids is 1. The first kappa shape index (κ1) is 14.5. The molecule has 1 heterocycles. The molecule has 2 rings (SSSR count). The molecule has 0 atom stereocenters. The molecule has 4 nitrogen and oxygen atoms in total. The zero-order valence-corrected chi connectivity index (χ0v) is 12.9. The van der Waals surface area contributed by atoms with Gasteiger partial charge in [0, 0.05) is 31.2 Å². The number of amides is 1. The van der Waals surface area contributed by atoms with E-state index in [0.717, 1.165) is 23.1 Å². The molecular weight excluding hydrogens is 308 g/mol. The van der Waals surface area contributed by atoms with E-state index >= 15 is 0 Å². The predicted octanol–water partition coefficient (Wildman–Crippen LogP) is 1.79. The molecule has 1 aromatic carbocycles. The molecule has 0 saturated carbocycles. The molecule has 5 heteroatoms. The van der Waals surface area contributed by atoms with Gasteiger partial charge in [0.25, 0.3) is 0 Å². The number of likely N-dealkylation sites (N-methyl/N-ethyl adjacent to an activating group) is 1. The van der Waals surface area contributed by atoms with Crippen LogP contribution in [0.1, 0.15) is 12.5 Å². The SMILES string of the molecule is CN(Cc1ccc(Br)cc1)C(=O)COC1(C)CNC1. The minimum absolute atomic E-state index is 0.0102. The van der Waals surface area contributed by atoms with E-state index in [2.05, 4.69) is 21.2 Å². The lowest BCUT2D eigenvalue weighted by molar-refractivity contribution is -0.145. The summed E-state index contributed by atoms with van der Waals surface area (Å²) in [6.45, 7) is 4.40. The second-order valence-electron chi connectivity index (χ2n) is 5.22. The van der Waals surface area contributed by atoms with Crippen LogP contribution in [0.5, 0.6) is 0 Å². The fourth-order valence-corrected chi connectivity index (χ4v) is 2.14. The van der Waals surface area contributed by atoms with Crippen molar-refractivity contribution in [1.82, 2.24) is 10.2 Å². The summed E-state index contributed by atoms with van der Waals surface area (Å²) in [6.07, 6.45) is 0. The van der Waals surface area contributed by atoms with Crippen LogP contribution in [0.3, 0.4) is 0 Å². The Morgan fingerprint density at radius 1 is 1.42 bits per heavy atom. The van der Waals surface area contributed by atoms with Gasteiger partial charge < -0.3 is 15.0 Å². The van der Waals surface area contributed by atoms with Crippen LogP contribution in [0.15, 0.2) is 28.7 Å². The summed E-state index contributed by atoms with van der Waals surface area (Å²) >= 11 is 3.40. The van der Waals surface area contributed by atoms with Crippen molar-refractivity contribution in [3.8, 4) is 0 Å². The molecule has 19 heavy (non-hydrogen) atoms. The van der Waals surface area contributed by atoms with E-state index in [1.165, 1.54) is 0 Å². The molecule has 0 spiro atoms. The lowest BCUT2D eigenvalue weighted by Crippen LogP contribution is -2.59. The normalized spacial score (nSPS) is 16.8. The van der Waals surface area contributed by atoms with Gasteiger partial charge in [-0.05, 0) is 24.6 Å². The molecular formula is C14H19BrN2O2. The second-order valence-corrected chi connectivity index (χ2v) is 6.13. The van der Waals surface area contributed by atoms with Gasteiger partial charge in [-0.3, -0.25) is 4.79 Å². The van der Waals surface area contributed by atoms with Crippen LogP contribution >= 0.6 is 15.9 Å². The Labute approximate surface area is 122 Å². The first-order valence-corrected chi connectivity index (χ1v) is 7.11. The smallest absolute Gasteiger partial charge is 0.248 e. The first-order valence-electron chi connectivity index (χ1n) is 6.32. The van der Waals surface area contributed by atoms with Crippen LogP contribution in [-0.2, 0) is 16.1 Å². The van der Waals surface area contributed by atoms with E-state index in [0.29, 0.717) is 6.54 Å². The zero-order valence-electron chi connectivity index (χ0n) is 11.3. The molecule has 1 aliphatic heterocycles. The first-order chi connectivity index (χ1) is 8.98. The highest BCUT2D eigenvalue weighted by Crippen LogP contribution is 2.15. The van der Waals surface area contributed by atoms with Crippen molar-refractivity contribution >= 4 is 21.8 Å². The topological polar surface area (TPSA) is 41.6 Å². The summed E-state index contributed by atoms with van der Waals surface area (Å²) in [5.74, 6) is 0.0102. The van der Waals surface area contributed by atoms with Crippen molar-refractivity contribution in [2.45, 2.75) is 19.1 Å². The number of nitrogens with one attached hydrogen (secondary N) is 1. The third-order valence-corrected chi connectivity index (χ3v) is 3.83. The second kappa shape index (κ2) is 6.03. The van der Waals surface area contributed by atoms with Crippen LogP contribution < -0.4 is 5.32 Å². The van der Waals surface area contributed by atoms with Crippen molar-refractivity contribution in [1.29, 1.82) is 0 Å². The van der Waals surface area contributed by atoms with Crippen molar-refractivity contribution < 1.29 is 9.53 Å². The fraction of sp³-hybridized carbons (Fsp3) is 0.500. The molecule has 1 saturated heterocycles. The number of halogens is 1. The number of hydrogen-bond donors (Lipinski definition) is 1. The van der Waals surface area contributed by atoms with Gasteiger partial charge in [0.2, 0.25) is 5.91 Å². The van der Waals surface area contributed by atoms with E-state index < -0.39 is 0 Å². The quantitative estimate of drug-likeness (QED) is 0.896. The minimum atomic E-state index is -0.173. The van der Waals surface area contributed by atoms with Gasteiger partial charge >= 0.3 is 0 Å². The van der Waals surface area contributed by atoms with Gasteiger partial charge in [0.05, 0.1) is 5.60 Å². The molecule has 1 fully saturated rings. The van der Waals surface area contributed by atoms with Crippen molar-refractivity contribution in [3.63, 3.8) is 0 Å². The molecule has 0 bridgehead atoms. The Kier molecular flexibility index (Phi) is 4.60. The van der Waals surface area contributed by atoms with E-state index in [1.807, 2.05) is 31.2 Å². The minimum Gasteiger partial charge on any atom is -0.363 e. The number of ether oxygens (including phenoxy) is 1. The van der Waals surface area contributed by atoms with Crippen molar-refractivity contribution in [3.05, 3.63) is 34.3 Å². The maximum atomic E-state index is 12.0. The summed E-state index contributed by atoms with van der Waals surface area (Å²) in [7, 11) is 1.80. The summed E-state index contributed by atoms with van der Waals surface area (Å²) in [5.41, 5.74) is 0.935. The maximum absolute atomic E-state index is 12.0. The molecule has 1 aromatic rings. The monoisotopic (exact) mass is 326 g/mol. The van der Waals surface area contributed by atoms with Gasteiger partial charge in [0.1, 0.15) is 6.61 Å². The third-order valence-electron chi connectivity index (χ3n) is 3.30. The molecule has 1 aliphatic rings. The summed E-state index contributed by atoms with van der Waals surface area (Å²) in [6, 6.07) is 7.97. The highest BCUT2D eigenvalue weighted by molar-refractivity contribution is 9.10. The summed E-state index contributed by atoms with van der Waals surface area (Å²) in [4.78, 5) is 13.7. The number of rotatable bonds is 5. The predicted molar refractivity (Wildman–Crippen MR) is 77.8 cm³/mol. The van der Waals surface area contributed by atoms with Gasteiger partial charge in [-0.25, -0.2) is 0 Å². The average molecular weight is 327 g/mol. The van der Waals surface area contributed by atoms with Crippen LogP contribution in [0.25, 0.3) is 0 Å². The molecule has 1 amide bonds. The maximum Gasteiger partial charge on any atom is 0.248 e. The Bertz CT molecular complexity index is 443. The third kappa shape index (κ3) is 4.03. The van der Waals surface area contributed by atoms with Gasteiger partial charge in [-0.15, -0.1) is 0 Å². The van der Waals surface area contributed by atoms with Crippen LogP contribution in [0, 0.1) is 0 Å². The lowest BCUT2D eigenvalue weighted by atomic mass is 10.0. The standard InChI is InChI=1S/C14H19BrN2O2/c1-14(9-16-10-14)19-8-13(18)17(2)7-11-3-5-12(15)6-4-11/h3-6,16H,7-10H2,1-2H3. The molecule has 0 radical (unpaired) electrons. The highest BCUT2D eigenvalue weighted by atomic mass is 79.9. The number of hydrogen-bond acceptors (Lipinski definition) is 3. The number of nitrogens with zero attached hydrogens (tertiary/aromatic N) is 1. The Morgan fingerprint density at radius 3 is 2.58 bits per heavy atom. The largest absolute Gasteiger partial charge is 0.363 e. The van der Waals surface area contributed by atoms with Gasteiger partial charge in [-0.1, -0.05) is 28.1 Å². The zero-order chi connectivity index (χ0) is 13.9. The molecule has 104 valence electrons. The van der Waals surface area contributed by atoms with Crippen molar-refractivity contribution in [2.75, 3.05) is 26.7 Å². The Hall–Kier alpha value is -0.910. The van der Waals surface area contributed by atoms with Crippen LogP contribution in [-0.4, -0.2) is 43.2 Å². The molecule has 0 aromatic heterocycles. The molecule has 0 unspecified atom stereocenters. The molecule has 0 aliphatic carbocycles. The summed E-state index contributed by atoms with van der Waals surface area (Å²) < 4.78 is 6.68. The Balaban J connectivity index is 1.80. The fourth-order valence-electron chi connectivity index (χ4n) is 1.88. The van der Waals surface area contributed by atoms with Crippen molar-refractivity contribution in [2.24, 2.45) is 0 Å². The molecule has 1 N–H and O–H groups in total. The number of carbonyl (C=O) groups is 1. The van der Waals surface area contributed by atoms with Gasteiger partial charge in [-0.2, -0.15) is 0 Å². The van der Waals surface area contributed by atoms with Crippen LogP contribution in [0.2, 0.25) is 0 Å².